The Hall–Kier alpha value is -4.86. The molecule has 5 aromatic rings. The van der Waals surface area contributed by atoms with Crippen molar-refractivity contribution in [2.45, 2.75) is 32.2 Å². The summed E-state index contributed by atoms with van der Waals surface area (Å²) >= 11 is 0. The Bertz CT molecular complexity index is 1510. The number of nitrogens with one attached hydrogen (secondary N) is 3. The van der Waals surface area contributed by atoms with Crippen LogP contribution in [0, 0.1) is 0 Å². The van der Waals surface area contributed by atoms with Gasteiger partial charge in [-0.2, -0.15) is 0 Å². The number of rotatable bonds is 9. The van der Waals surface area contributed by atoms with E-state index in [1.54, 1.807) is 30.6 Å². The number of H-pyrrole nitrogens is 1. The molecule has 0 spiro atoms. The van der Waals surface area contributed by atoms with Crippen molar-refractivity contribution in [2.75, 3.05) is 5.32 Å². The summed E-state index contributed by atoms with van der Waals surface area (Å²) < 4.78 is 5.63. The smallest absolute Gasteiger partial charge is 0.322 e. The van der Waals surface area contributed by atoms with Crippen LogP contribution in [-0.4, -0.2) is 37.0 Å². The summed E-state index contributed by atoms with van der Waals surface area (Å²) in [7, 11) is 0. The Morgan fingerprint density at radius 3 is 2.62 bits per heavy atom. The highest BCUT2D eigenvalue weighted by atomic mass is 16.4. The molecule has 3 heterocycles. The summed E-state index contributed by atoms with van der Waals surface area (Å²) in [5.41, 5.74) is 4.06. The number of imidazole rings is 1. The summed E-state index contributed by atoms with van der Waals surface area (Å²) in [6.45, 7) is 1.36. The number of hydrogen-bond acceptors (Lipinski definition) is 7. The molecule has 1 unspecified atom stereocenters. The second-order valence-electron chi connectivity index (χ2n) is 8.58. The normalized spacial score (nSPS) is 11.8. The molecule has 3 aromatic heterocycles. The van der Waals surface area contributed by atoms with E-state index in [1.165, 1.54) is 12.5 Å². The van der Waals surface area contributed by atoms with Crippen molar-refractivity contribution in [1.82, 2.24) is 30.5 Å². The molecule has 37 heavy (non-hydrogen) atoms. The van der Waals surface area contributed by atoms with Gasteiger partial charge in [0, 0.05) is 30.4 Å². The molecule has 0 fully saturated rings. The van der Waals surface area contributed by atoms with Gasteiger partial charge in [0.05, 0.1) is 11.0 Å². The molecule has 10 nitrogen and oxygen atoms in total. The van der Waals surface area contributed by atoms with Gasteiger partial charge in [-0.25, -0.2) is 4.98 Å². The minimum Gasteiger partial charge on any atom is -0.406 e. The van der Waals surface area contributed by atoms with Crippen molar-refractivity contribution in [3.8, 4) is 11.4 Å². The van der Waals surface area contributed by atoms with Gasteiger partial charge in [-0.05, 0) is 55.2 Å². The molecule has 0 aliphatic heterocycles. The summed E-state index contributed by atoms with van der Waals surface area (Å²) in [6.07, 6.45) is 5.59. The molecular formula is C27H25N7O3. The van der Waals surface area contributed by atoms with E-state index in [4.69, 9.17) is 4.42 Å². The van der Waals surface area contributed by atoms with Gasteiger partial charge >= 0.3 is 6.01 Å². The highest BCUT2D eigenvalue weighted by molar-refractivity contribution is 5.97. The van der Waals surface area contributed by atoms with Crippen LogP contribution in [0.25, 0.3) is 22.4 Å². The van der Waals surface area contributed by atoms with Crippen molar-refractivity contribution in [1.29, 1.82) is 0 Å². The van der Waals surface area contributed by atoms with Crippen LogP contribution in [0.15, 0.2) is 77.5 Å². The van der Waals surface area contributed by atoms with Crippen molar-refractivity contribution < 1.29 is 14.0 Å². The zero-order valence-corrected chi connectivity index (χ0v) is 20.1. The lowest BCUT2D eigenvalue weighted by molar-refractivity contribution is -0.114. The second kappa shape index (κ2) is 10.8. The number of aromatic nitrogens is 5. The average molecular weight is 496 g/mol. The number of carbonyl (C=O) groups excluding carboxylic acids is 2. The minimum absolute atomic E-state index is 0.00710. The van der Waals surface area contributed by atoms with E-state index in [0.29, 0.717) is 17.8 Å². The number of aryl methyl sites for hydroxylation is 1. The molecule has 2 amide bonds. The summed E-state index contributed by atoms with van der Waals surface area (Å²) in [6, 6.07) is 18.6. The lowest BCUT2D eigenvalue weighted by Gasteiger charge is -2.15. The molecule has 5 rings (SSSR count). The monoisotopic (exact) mass is 495 g/mol. The second-order valence-corrected chi connectivity index (χ2v) is 8.58. The molecule has 0 bridgehead atoms. The maximum absolute atomic E-state index is 13.3. The molecule has 10 heteroatoms. The van der Waals surface area contributed by atoms with Crippen molar-refractivity contribution in [2.24, 2.45) is 0 Å². The van der Waals surface area contributed by atoms with Crippen molar-refractivity contribution in [3.05, 3.63) is 90.1 Å². The lowest BCUT2D eigenvalue weighted by Crippen LogP contribution is -2.29. The van der Waals surface area contributed by atoms with Gasteiger partial charge < -0.3 is 14.7 Å². The fourth-order valence-electron chi connectivity index (χ4n) is 4.03. The van der Waals surface area contributed by atoms with Gasteiger partial charge in [0.15, 0.2) is 0 Å². The molecule has 0 saturated heterocycles. The molecular weight excluding hydrogens is 470 g/mol. The van der Waals surface area contributed by atoms with Crippen molar-refractivity contribution >= 4 is 28.9 Å². The fraction of sp³-hybridized carbons (Fsp3) is 0.185. The zero-order valence-electron chi connectivity index (χ0n) is 20.1. The SMILES string of the molecule is CC(=O)Nc1nnc(C(CCCc2ccccc2)NC(=O)c2ccc3nc(-c4ccncc4)[nH]c3c2)o1. The maximum atomic E-state index is 13.3. The molecule has 0 aliphatic rings. The van der Waals surface area contributed by atoms with E-state index in [2.05, 4.69) is 47.9 Å². The molecule has 0 aliphatic carbocycles. The number of hydrogen-bond donors (Lipinski definition) is 3. The van der Waals surface area contributed by atoms with Crippen molar-refractivity contribution in [3.63, 3.8) is 0 Å². The Morgan fingerprint density at radius 2 is 1.84 bits per heavy atom. The number of nitrogens with zero attached hydrogens (tertiary/aromatic N) is 4. The first-order valence-electron chi connectivity index (χ1n) is 11.9. The van der Waals surface area contributed by atoms with Crippen LogP contribution < -0.4 is 10.6 Å². The Morgan fingerprint density at radius 1 is 1.03 bits per heavy atom. The Balaban J connectivity index is 1.34. The molecule has 3 N–H and O–H groups in total. The average Bonchev–Trinajstić information content (AvgIpc) is 3.55. The van der Waals surface area contributed by atoms with Gasteiger partial charge in [-0.1, -0.05) is 35.4 Å². The molecule has 186 valence electrons. The number of anilines is 1. The van der Waals surface area contributed by atoms with Gasteiger partial charge in [-0.3, -0.25) is 19.9 Å². The number of aromatic amines is 1. The number of pyridine rings is 1. The summed E-state index contributed by atoms with van der Waals surface area (Å²) in [5.74, 6) is 0.322. The predicted octanol–water partition coefficient (Wildman–Crippen LogP) is 4.46. The van der Waals surface area contributed by atoms with Crippen LogP contribution >= 0.6 is 0 Å². The van der Waals surface area contributed by atoms with E-state index in [1.807, 2.05) is 30.3 Å². The van der Waals surface area contributed by atoms with E-state index in [9.17, 15) is 9.59 Å². The minimum atomic E-state index is -0.531. The number of benzene rings is 2. The summed E-state index contributed by atoms with van der Waals surface area (Å²) in [4.78, 5) is 36.5. The fourth-order valence-corrected chi connectivity index (χ4v) is 4.03. The van der Waals surface area contributed by atoms with Gasteiger partial charge in [0.1, 0.15) is 11.9 Å². The molecule has 0 radical (unpaired) electrons. The molecule has 2 aromatic carbocycles. The largest absolute Gasteiger partial charge is 0.406 e. The van der Waals surface area contributed by atoms with Crippen LogP contribution in [0.4, 0.5) is 6.01 Å². The standard InChI is InChI=1S/C27H25N7O3/c1-17(35)29-27-34-33-26(37-27)22(9-5-8-18-6-3-2-4-7-18)32-25(36)20-10-11-21-23(16-20)31-24(30-21)19-12-14-28-15-13-19/h2-4,6-7,10-16,22H,5,8-9H2,1H3,(H,30,31)(H,32,36)(H,29,34,35). The first-order chi connectivity index (χ1) is 18.0. The molecule has 1 atom stereocenters. The van der Waals surface area contributed by atoms with Gasteiger partial charge in [-0.15, -0.1) is 5.10 Å². The highest BCUT2D eigenvalue weighted by Crippen LogP contribution is 2.23. The van der Waals surface area contributed by atoms with Crippen LogP contribution in [0.1, 0.15) is 47.6 Å². The Kier molecular flexibility index (Phi) is 6.98. The van der Waals surface area contributed by atoms with E-state index < -0.39 is 6.04 Å². The third kappa shape index (κ3) is 5.87. The number of fused-ring (bicyclic) bond motifs is 1. The summed E-state index contributed by atoms with van der Waals surface area (Å²) in [5, 5.41) is 13.4. The third-order valence-corrected chi connectivity index (χ3v) is 5.83. The van der Waals surface area contributed by atoms with E-state index in [-0.39, 0.29) is 23.7 Å². The van der Waals surface area contributed by atoms with Crippen LogP contribution in [0.5, 0.6) is 0 Å². The highest BCUT2D eigenvalue weighted by Gasteiger charge is 2.22. The number of amides is 2. The van der Waals surface area contributed by atoms with E-state index >= 15 is 0 Å². The maximum Gasteiger partial charge on any atom is 0.322 e. The molecule has 0 saturated carbocycles. The lowest BCUT2D eigenvalue weighted by atomic mass is 10.0. The number of carbonyl (C=O) groups is 2. The quantitative estimate of drug-likeness (QED) is 0.274. The third-order valence-electron chi connectivity index (χ3n) is 5.83. The predicted molar refractivity (Wildman–Crippen MR) is 138 cm³/mol. The van der Waals surface area contributed by atoms with Gasteiger partial charge in [0.25, 0.3) is 5.91 Å². The Labute approximate surface area is 212 Å². The topological polar surface area (TPSA) is 139 Å². The van der Waals surface area contributed by atoms with E-state index in [0.717, 1.165) is 29.4 Å². The van der Waals surface area contributed by atoms with Crippen LogP contribution in [-0.2, 0) is 11.2 Å². The first-order valence-corrected chi connectivity index (χ1v) is 11.9. The van der Waals surface area contributed by atoms with Gasteiger partial charge in [0.2, 0.25) is 11.8 Å². The first kappa shape index (κ1) is 23.9. The van der Waals surface area contributed by atoms with Crippen LogP contribution in [0.2, 0.25) is 0 Å². The van der Waals surface area contributed by atoms with Crippen LogP contribution in [0.3, 0.4) is 0 Å². The zero-order chi connectivity index (χ0) is 25.6.